The summed E-state index contributed by atoms with van der Waals surface area (Å²) in [5.41, 5.74) is 1.67. The van der Waals surface area contributed by atoms with E-state index in [0.717, 1.165) is 12.1 Å². The van der Waals surface area contributed by atoms with Gasteiger partial charge in [-0.05, 0) is 36.8 Å². The largest absolute Gasteiger partial charge is 0.449 e. The molecule has 1 atom stereocenters. The first-order valence-electron chi connectivity index (χ1n) is 8.96. The summed E-state index contributed by atoms with van der Waals surface area (Å²) in [4.78, 5) is 25.0. The van der Waals surface area contributed by atoms with Crippen molar-refractivity contribution in [3.8, 4) is 17.2 Å². The van der Waals surface area contributed by atoms with Crippen LogP contribution in [0.25, 0.3) is 11.1 Å². The van der Waals surface area contributed by atoms with Crippen molar-refractivity contribution in [3.63, 3.8) is 0 Å². The van der Waals surface area contributed by atoms with Crippen LogP contribution < -0.4 is 5.32 Å². The van der Waals surface area contributed by atoms with Crippen molar-refractivity contribution in [1.29, 1.82) is 5.26 Å². The normalized spacial score (nSPS) is 11.3. The fraction of sp³-hybridized carbons (Fsp3) is 0.0870. The predicted molar refractivity (Wildman–Crippen MR) is 106 cm³/mol. The minimum absolute atomic E-state index is 0.0325. The fourth-order valence-electron chi connectivity index (χ4n) is 2.81. The highest BCUT2D eigenvalue weighted by atomic mass is 19.2. The first-order chi connectivity index (χ1) is 14.4. The lowest BCUT2D eigenvalue weighted by atomic mass is 9.96. The SMILES string of the molecule is C[C@@H](OC(=O)c1ccccc1-c1ccccc1C#N)C(=O)Nc1ccc(F)c(F)c1. The van der Waals surface area contributed by atoms with Crippen molar-refractivity contribution in [2.45, 2.75) is 13.0 Å². The molecule has 1 amide bonds. The summed E-state index contributed by atoms with van der Waals surface area (Å²) in [5.74, 6) is -3.61. The number of anilines is 1. The summed E-state index contributed by atoms with van der Waals surface area (Å²) >= 11 is 0. The molecule has 0 bridgehead atoms. The van der Waals surface area contributed by atoms with Gasteiger partial charge in [0, 0.05) is 17.3 Å². The average Bonchev–Trinajstić information content (AvgIpc) is 2.76. The van der Waals surface area contributed by atoms with E-state index in [2.05, 4.69) is 11.4 Å². The molecule has 0 aliphatic rings. The smallest absolute Gasteiger partial charge is 0.339 e. The molecule has 3 aromatic rings. The molecule has 0 heterocycles. The molecular formula is C23H16F2N2O3. The van der Waals surface area contributed by atoms with Gasteiger partial charge in [0.05, 0.1) is 17.2 Å². The maximum absolute atomic E-state index is 13.3. The number of hydrogen-bond acceptors (Lipinski definition) is 4. The van der Waals surface area contributed by atoms with Crippen LogP contribution in [0.15, 0.2) is 66.7 Å². The standard InChI is InChI=1S/C23H16F2N2O3/c1-14(22(28)27-16-10-11-20(24)21(25)12-16)30-23(29)19-9-5-4-8-18(19)17-7-3-2-6-15(17)13-26/h2-12,14H,1H3,(H,27,28)/t14-/m1/s1. The molecule has 3 rings (SSSR count). The third kappa shape index (κ3) is 4.50. The van der Waals surface area contributed by atoms with Crippen molar-refractivity contribution >= 4 is 17.6 Å². The van der Waals surface area contributed by atoms with E-state index in [-0.39, 0.29) is 11.3 Å². The van der Waals surface area contributed by atoms with Crippen molar-refractivity contribution in [2.75, 3.05) is 5.32 Å². The molecule has 150 valence electrons. The molecule has 0 spiro atoms. The lowest BCUT2D eigenvalue weighted by Crippen LogP contribution is -2.30. The van der Waals surface area contributed by atoms with Crippen LogP contribution >= 0.6 is 0 Å². The van der Waals surface area contributed by atoms with Gasteiger partial charge in [-0.1, -0.05) is 36.4 Å². The zero-order chi connectivity index (χ0) is 21.7. The van der Waals surface area contributed by atoms with Gasteiger partial charge in [0.1, 0.15) is 0 Å². The molecule has 30 heavy (non-hydrogen) atoms. The molecule has 0 radical (unpaired) electrons. The zero-order valence-corrected chi connectivity index (χ0v) is 15.9. The van der Waals surface area contributed by atoms with Crippen LogP contribution in [0.2, 0.25) is 0 Å². The Morgan fingerprint density at radius 1 is 0.967 bits per heavy atom. The van der Waals surface area contributed by atoms with Crippen molar-refractivity contribution < 1.29 is 23.1 Å². The van der Waals surface area contributed by atoms with Gasteiger partial charge < -0.3 is 10.1 Å². The average molecular weight is 406 g/mol. The van der Waals surface area contributed by atoms with Gasteiger partial charge in [0.15, 0.2) is 17.7 Å². The van der Waals surface area contributed by atoms with Crippen LogP contribution in [0, 0.1) is 23.0 Å². The lowest BCUT2D eigenvalue weighted by Gasteiger charge is -2.15. The number of esters is 1. The van der Waals surface area contributed by atoms with Gasteiger partial charge in [-0.3, -0.25) is 4.79 Å². The zero-order valence-electron chi connectivity index (χ0n) is 15.9. The first kappa shape index (κ1) is 20.7. The molecule has 7 heteroatoms. The Balaban J connectivity index is 1.78. The number of nitrogens with one attached hydrogen (secondary N) is 1. The number of carbonyl (C=O) groups excluding carboxylic acids is 2. The number of rotatable bonds is 5. The summed E-state index contributed by atoms with van der Waals surface area (Å²) in [6, 6.07) is 18.4. The minimum atomic E-state index is -1.20. The number of benzene rings is 3. The minimum Gasteiger partial charge on any atom is -0.449 e. The van der Waals surface area contributed by atoms with Crippen LogP contribution in [-0.2, 0) is 9.53 Å². The molecule has 0 fully saturated rings. The maximum Gasteiger partial charge on any atom is 0.339 e. The number of halogens is 2. The Morgan fingerprint density at radius 2 is 1.63 bits per heavy atom. The molecule has 0 saturated heterocycles. The van der Waals surface area contributed by atoms with Crippen molar-refractivity contribution in [1.82, 2.24) is 0 Å². The lowest BCUT2D eigenvalue weighted by molar-refractivity contribution is -0.123. The fourth-order valence-corrected chi connectivity index (χ4v) is 2.81. The number of nitrogens with zero attached hydrogens (tertiary/aromatic N) is 1. The van der Waals surface area contributed by atoms with Crippen molar-refractivity contribution in [3.05, 3.63) is 89.5 Å². The van der Waals surface area contributed by atoms with E-state index in [4.69, 9.17) is 4.74 Å². The second kappa shape index (κ2) is 8.97. The van der Waals surface area contributed by atoms with Crippen LogP contribution in [0.4, 0.5) is 14.5 Å². The number of hydrogen-bond donors (Lipinski definition) is 1. The van der Waals surface area contributed by atoms with Crippen LogP contribution in [0.3, 0.4) is 0 Å². The summed E-state index contributed by atoms with van der Waals surface area (Å²) < 4.78 is 31.6. The molecule has 0 unspecified atom stereocenters. The summed E-state index contributed by atoms with van der Waals surface area (Å²) in [5, 5.41) is 11.7. The highest BCUT2D eigenvalue weighted by Crippen LogP contribution is 2.27. The molecule has 3 aromatic carbocycles. The quantitative estimate of drug-likeness (QED) is 0.624. The Morgan fingerprint density at radius 3 is 2.33 bits per heavy atom. The summed E-state index contributed by atoms with van der Waals surface area (Å²) in [7, 11) is 0. The Hall–Kier alpha value is -4.05. The topological polar surface area (TPSA) is 79.2 Å². The summed E-state index contributed by atoms with van der Waals surface area (Å²) in [6.07, 6.45) is -1.20. The monoisotopic (exact) mass is 406 g/mol. The third-order valence-corrected chi connectivity index (χ3v) is 4.32. The first-order valence-corrected chi connectivity index (χ1v) is 8.96. The van der Waals surface area contributed by atoms with E-state index in [1.54, 1.807) is 42.5 Å². The Kier molecular flexibility index (Phi) is 6.18. The molecule has 5 nitrogen and oxygen atoms in total. The highest BCUT2D eigenvalue weighted by molar-refractivity contribution is 6.01. The number of carbonyl (C=O) groups is 2. The van der Waals surface area contributed by atoms with E-state index >= 15 is 0 Å². The summed E-state index contributed by atoms with van der Waals surface area (Å²) in [6.45, 7) is 1.36. The van der Waals surface area contributed by atoms with Crippen LogP contribution in [0.5, 0.6) is 0 Å². The molecule has 0 saturated carbocycles. The molecule has 1 N–H and O–H groups in total. The van der Waals surface area contributed by atoms with E-state index in [9.17, 15) is 23.6 Å². The maximum atomic E-state index is 13.3. The van der Waals surface area contributed by atoms with E-state index in [1.165, 1.54) is 19.1 Å². The van der Waals surface area contributed by atoms with Crippen LogP contribution in [0.1, 0.15) is 22.8 Å². The van der Waals surface area contributed by atoms with Gasteiger partial charge in [-0.2, -0.15) is 5.26 Å². The van der Waals surface area contributed by atoms with Gasteiger partial charge in [-0.15, -0.1) is 0 Å². The molecular weight excluding hydrogens is 390 g/mol. The molecule has 0 aliphatic carbocycles. The van der Waals surface area contributed by atoms with E-state index < -0.39 is 29.6 Å². The predicted octanol–water partition coefficient (Wildman–Crippen LogP) is 4.69. The van der Waals surface area contributed by atoms with Crippen molar-refractivity contribution in [2.24, 2.45) is 0 Å². The highest BCUT2D eigenvalue weighted by Gasteiger charge is 2.22. The van der Waals surface area contributed by atoms with E-state index in [0.29, 0.717) is 16.7 Å². The number of amides is 1. The van der Waals surface area contributed by atoms with Gasteiger partial charge >= 0.3 is 5.97 Å². The van der Waals surface area contributed by atoms with Gasteiger partial charge in [0.25, 0.3) is 5.91 Å². The van der Waals surface area contributed by atoms with Crippen LogP contribution in [-0.4, -0.2) is 18.0 Å². The Bertz CT molecular complexity index is 1160. The second-order valence-corrected chi connectivity index (χ2v) is 6.37. The molecule has 0 aromatic heterocycles. The Labute approximate surface area is 171 Å². The third-order valence-electron chi connectivity index (χ3n) is 4.32. The van der Waals surface area contributed by atoms with Gasteiger partial charge in [-0.25, -0.2) is 13.6 Å². The second-order valence-electron chi connectivity index (χ2n) is 6.37. The molecule has 0 aliphatic heterocycles. The van der Waals surface area contributed by atoms with E-state index in [1.807, 2.05) is 0 Å². The number of ether oxygens (including phenoxy) is 1. The number of nitriles is 1. The van der Waals surface area contributed by atoms with Gasteiger partial charge in [0.2, 0.25) is 0 Å².